The molecule has 0 aliphatic carbocycles. The van der Waals surface area contributed by atoms with E-state index in [-0.39, 0.29) is 24.7 Å². The molecule has 4 N–H and O–H groups in total. The standard InChI is InChI=1S/C22H28N6O4/c1-31-19-7-3-17(4-8-19)23-13-11-21(29)27-25-15-16-26-28-22(30)12-14-24-18-5-9-20(32-2)10-6-18/h3-10,15-16,23-24H,11-14H2,1-2H3,(H,27,29)(H,28,30)/b25-15+,26-16+. The highest BCUT2D eigenvalue weighted by Crippen LogP contribution is 2.15. The fraction of sp³-hybridized carbons (Fsp3) is 0.273. The molecule has 0 aliphatic rings. The van der Waals surface area contributed by atoms with Crippen LogP contribution in [0.15, 0.2) is 58.7 Å². The fourth-order valence-corrected chi connectivity index (χ4v) is 2.46. The zero-order valence-electron chi connectivity index (χ0n) is 18.1. The van der Waals surface area contributed by atoms with Crippen molar-refractivity contribution in [2.24, 2.45) is 10.2 Å². The van der Waals surface area contributed by atoms with Gasteiger partial charge in [0.05, 0.1) is 26.6 Å². The zero-order chi connectivity index (χ0) is 23.0. The van der Waals surface area contributed by atoms with Crippen molar-refractivity contribution < 1.29 is 19.1 Å². The van der Waals surface area contributed by atoms with Crippen molar-refractivity contribution >= 4 is 35.6 Å². The van der Waals surface area contributed by atoms with Crippen molar-refractivity contribution in [3.63, 3.8) is 0 Å². The molecule has 0 aromatic heterocycles. The second-order valence-corrected chi connectivity index (χ2v) is 6.44. The van der Waals surface area contributed by atoms with Crippen molar-refractivity contribution in [1.82, 2.24) is 10.9 Å². The van der Waals surface area contributed by atoms with Crippen molar-refractivity contribution in [3.05, 3.63) is 48.5 Å². The van der Waals surface area contributed by atoms with Crippen LogP contribution in [0, 0.1) is 0 Å². The van der Waals surface area contributed by atoms with E-state index >= 15 is 0 Å². The molecule has 10 heteroatoms. The summed E-state index contributed by atoms with van der Waals surface area (Å²) in [6, 6.07) is 14.8. The summed E-state index contributed by atoms with van der Waals surface area (Å²) in [5.74, 6) is 1.05. The molecule has 0 spiro atoms. The smallest absolute Gasteiger partial charge is 0.241 e. The molecule has 0 heterocycles. The quantitative estimate of drug-likeness (QED) is 0.280. The van der Waals surface area contributed by atoms with Crippen LogP contribution in [0.1, 0.15) is 12.8 Å². The normalized spacial score (nSPS) is 10.7. The first-order chi connectivity index (χ1) is 15.6. The van der Waals surface area contributed by atoms with Gasteiger partial charge in [0.1, 0.15) is 11.5 Å². The van der Waals surface area contributed by atoms with Gasteiger partial charge in [-0.15, -0.1) is 0 Å². The lowest BCUT2D eigenvalue weighted by Crippen LogP contribution is -2.21. The van der Waals surface area contributed by atoms with Crippen LogP contribution in [0.3, 0.4) is 0 Å². The van der Waals surface area contributed by atoms with Gasteiger partial charge in [0.15, 0.2) is 0 Å². The minimum Gasteiger partial charge on any atom is -0.497 e. The first-order valence-corrected chi connectivity index (χ1v) is 9.99. The van der Waals surface area contributed by atoms with Crippen LogP contribution in [-0.4, -0.2) is 51.6 Å². The first kappa shape index (κ1) is 24.2. The summed E-state index contributed by atoms with van der Waals surface area (Å²) in [7, 11) is 3.21. The highest BCUT2D eigenvalue weighted by Gasteiger charge is 2.01. The molecule has 32 heavy (non-hydrogen) atoms. The molecular formula is C22H28N6O4. The van der Waals surface area contributed by atoms with Crippen LogP contribution in [0.25, 0.3) is 0 Å². The fourth-order valence-electron chi connectivity index (χ4n) is 2.46. The van der Waals surface area contributed by atoms with Crippen LogP contribution in [0.2, 0.25) is 0 Å². The van der Waals surface area contributed by atoms with E-state index in [1.165, 1.54) is 12.4 Å². The maximum Gasteiger partial charge on any atom is 0.241 e. The number of anilines is 2. The Bertz CT molecular complexity index is 822. The highest BCUT2D eigenvalue weighted by molar-refractivity contribution is 6.16. The number of benzene rings is 2. The number of ether oxygens (including phenoxy) is 2. The lowest BCUT2D eigenvalue weighted by atomic mass is 10.3. The van der Waals surface area contributed by atoms with E-state index in [2.05, 4.69) is 31.7 Å². The summed E-state index contributed by atoms with van der Waals surface area (Å²) in [5.41, 5.74) is 6.55. The van der Waals surface area contributed by atoms with Crippen LogP contribution >= 0.6 is 0 Å². The van der Waals surface area contributed by atoms with E-state index in [1.54, 1.807) is 14.2 Å². The Balaban J connectivity index is 1.53. The molecule has 2 aromatic carbocycles. The van der Waals surface area contributed by atoms with Crippen molar-refractivity contribution in [3.8, 4) is 11.5 Å². The molecular weight excluding hydrogens is 412 g/mol. The number of hydrogen-bond acceptors (Lipinski definition) is 8. The molecule has 2 amide bonds. The predicted octanol–water partition coefficient (Wildman–Crippen LogP) is 2.21. The average molecular weight is 441 g/mol. The van der Waals surface area contributed by atoms with E-state index in [0.717, 1.165) is 22.9 Å². The number of hydrogen-bond donors (Lipinski definition) is 4. The molecule has 0 bridgehead atoms. The van der Waals surface area contributed by atoms with Gasteiger partial charge in [-0.1, -0.05) is 0 Å². The van der Waals surface area contributed by atoms with E-state index in [0.29, 0.717) is 13.1 Å². The Kier molecular flexibility index (Phi) is 10.6. The van der Waals surface area contributed by atoms with E-state index in [1.807, 2.05) is 48.5 Å². The summed E-state index contributed by atoms with van der Waals surface area (Å²) >= 11 is 0. The second-order valence-electron chi connectivity index (χ2n) is 6.44. The van der Waals surface area contributed by atoms with Gasteiger partial charge in [0.2, 0.25) is 11.8 Å². The van der Waals surface area contributed by atoms with Gasteiger partial charge in [-0.2, -0.15) is 10.2 Å². The number of hydrazone groups is 2. The third kappa shape index (κ3) is 9.61. The summed E-state index contributed by atoms with van der Waals surface area (Å²) in [6.07, 6.45) is 3.06. The Morgan fingerprint density at radius 1 is 0.719 bits per heavy atom. The lowest BCUT2D eigenvalue weighted by Gasteiger charge is -2.06. The summed E-state index contributed by atoms with van der Waals surface area (Å²) in [4.78, 5) is 23.5. The SMILES string of the molecule is COc1ccc(NCCC(=O)N/N=C/C=N/NC(=O)CCNc2ccc(OC)cc2)cc1. The van der Waals surface area contributed by atoms with Crippen molar-refractivity contribution in [2.75, 3.05) is 37.9 Å². The maximum atomic E-state index is 11.7. The molecule has 0 unspecified atom stereocenters. The minimum atomic E-state index is -0.246. The molecule has 0 aliphatic heterocycles. The van der Waals surface area contributed by atoms with Crippen molar-refractivity contribution in [1.29, 1.82) is 0 Å². The van der Waals surface area contributed by atoms with Crippen LogP contribution in [-0.2, 0) is 9.59 Å². The molecule has 0 saturated heterocycles. The number of methoxy groups -OCH3 is 2. The van der Waals surface area contributed by atoms with E-state index in [9.17, 15) is 9.59 Å². The van der Waals surface area contributed by atoms with Gasteiger partial charge in [-0.05, 0) is 48.5 Å². The molecule has 0 radical (unpaired) electrons. The van der Waals surface area contributed by atoms with Gasteiger partial charge in [0, 0.05) is 37.3 Å². The summed E-state index contributed by atoms with van der Waals surface area (Å²) in [5, 5.41) is 13.7. The summed E-state index contributed by atoms with van der Waals surface area (Å²) in [6.45, 7) is 0.921. The Morgan fingerprint density at radius 3 is 1.44 bits per heavy atom. The van der Waals surface area contributed by atoms with Crippen LogP contribution in [0.4, 0.5) is 11.4 Å². The average Bonchev–Trinajstić information content (AvgIpc) is 2.82. The summed E-state index contributed by atoms with van der Waals surface area (Å²) < 4.78 is 10.2. The third-order valence-electron chi connectivity index (χ3n) is 4.14. The maximum absolute atomic E-state index is 11.7. The number of carbonyl (C=O) groups excluding carboxylic acids is 2. The number of nitrogens with one attached hydrogen (secondary N) is 4. The van der Waals surface area contributed by atoms with E-state index in [4.69, 9.17) is 9.47 Å². The molecule has 2 rings (SSSR count). The minimum absolute atomic E-state index is 0.246. The number of rotatable bonds is 13. The number of nitrogens with zero attached hydrogens (tertiary/aromatic N) is 2. The van der Waals surface area contributed by atoms with Crippen LogP contribution in [0.5, 0.6) is 11.5 Å². The third-order valence-corrected chi connectivity index (χ3v) is 4.14. The number of carbonyl (C=O) groups is 2. The monoisotopic (exact) mass is 440 g/mol. The molecule has 0 saturated carbocycles. The second kappa shape index (κ2) is 14.0. The Labute approximate surface area is 187 Å². The molecule has 0 fully saturated rings. The largest absolute Gasteiger partial charge is 0.497 e. The molecule has 10 nitrogen and oxygen atoms in total. The van der Waals surface area contributed by atoms with Crippen LogP contribution < -0.4 is 31.0 Å². The van der Waals surface area contributed by atoms with Gasteiger partial charge in [-0.3, -0.25) is 9.59 Å². The molecule has 0 atom stereocenters. The zero-order valence-corrected chi connectivity index (χ0v) is 18.1. The highest BCUT2D eigenvalue weighted by atomic mass is 16.5. The van der Waals surface area contributed by atoms with Gasteiger partial charge < -0.3 is 20.1 Å². The van der Waals surface area contributed by atoms with Gasteiger partial charge in [0.25, 0.3) is 0 Å². The Hall–Kier alpha value is -4.08. The number of amides is 2. The van der Waals surface area contributed by atoms with E-state index < -0.39 is 0 Å². The Morgan fingerprint density at radius 2 is 1.09 bits per heavy atom. The van der Waals surface area contributed by atoms with Gasteiger partial charge in [-0.25, -0.2) is 10.9 Å². The van der Waals surface area contributed by atoms with Gasteiger partial charge >= 0.3 is 0 Å². The molecule has 2 aromatic rings. The van der Waals surface area contributed by atoms with Crippen molar-refractivity contribution in [2.45, 2.75) is 12.8 Å². The molecule has 170 valence electrons. The predicted molar refractivity (Wildman–Crippen MR) is 125 cm³/mol. The first-order valence-electron chi connectivity index (χ1n) is 9.99. The topological polar surface area (TPSA) is 125 Å². The lowest BCUT2D eigenvalue weighted by molar-refractivity contribution is -0.121.